The van der Waals surface area contributed by atoms with Crippen LogP contribution in [-0.2, 0) is 22.4 Å². The fraction of sp³-hybridized carbons (Fsp3) is 0.193. The Morgan fingerprint density at radius 1 is 0.492 bits per heavy atom. The quantitative estimate of drug-likeness (QED) is 0.0844. The number of hydrogen-bond donors (Lipinski definition) is 3. The largest absolute Gasteiger partial charge is 0.387 e. The second-order valence-electron chi connectivity index (χ2n) is 17.5. The third-order valence-electron chi connectivity index (χ3n) is 13.2. The third kappa shape index (κ3) is 8.40. The summed E-state index contributed by atoms with van der Waals surface area (Å²) >= 11 is 0. The van der Waals surface area contributed by atoms with Gasteiger partial charge in [-0.3, -0.25) is 9.59 Å². The van der Waals surface area contributed by atoms with Crippen LogP contribution in [0.1, 0.15) is 58.1 Å². The van der Waals surface area contributed by atoms with Crippen LogP contribution in [0.5, 0.6) is 0 Å². The zero-order valence-electron chi connectivity index (χ0n) is 35.3. The molecule has 4 atom stereocenters. The van der Waals surface area contributed by atoms with E-state index in [4.69, 9.17) is 5.73 Å². The van der Waals surface area contributed by atoms with E-state index in [0.717, 1.165) is 54.9 Å². The summed E-state index contributed by atoms with van der Waals surface area (Å²) in [5, 5.41) is 32.1. The lowest BCUT2D eigenvalue weighted by Crippen LogP contribution is -2.59. The van der Waals surface area contributed by atoms with Crippen molar-refractivity contribution < 1.29 is 19.8 Å². The first-order chi connectivity index (χ1) is 30.7. The molecule has 1 fully saturated rings. The van der Waals surface area contributed by atoms with E-state index in [1.54, 1.807) is 4.90 Å². The highest BCUT2D eigenvalue weighted by Crippen LogP contribution is 2.50. The predicted octanol–water partition coefficient (Wildman–Crippen LogP) is 10.00. The van der Waals surface area contributed by atoms with Crippen molar-refractivity contribution in [2.75, 3.05) is 13.1 Å². The highest BCUT2D eigenvalue weighted by Gasteiger charge is 2.59. The molecule has 1 aliphatic carbocycles. The van der Waals surface area contributed by atoms with Gasteiger partial charge in [-0.1, -0.05) is 206 Å². The first-order valence-electron chi connectivity index (χ1n) is 21.8. The van der Waals surface area contributed by atoms with Crippen LogP contribution in [0, 0.1) is 5.41 Å². The minimum Gasteiger partial charge on any atom is -0.387 e. The van der Waals surface area contributed by atoms with Crippen molar-refractivity contribution in [2.24, 2.45) is 11.1 Å². The standard InChI is InChI=1S/C57H52N2O4/c58-53(60)55(35-36-55)54(61)59(39-56(62,37-41-19-5-1-6-20-41)51(45-25-9-3-10-26-45)49-33-17-29-43-23-13-15-31-47(43)49)40-57(63,38-42-21-7-2-8-22-42)52(46-27-11-4-12-28-46)50-34-18-30-44-24-14-16-32-48(44)50/h1-34,51-52,62-63H,35-40H2,(H2,58,60). The zero-order chi connectivity index (χ0) is 43.4. The van der Waals surface area contributed by atoms with Gasteiger partial charge in [0.05, 0.1) is 24.3 Å². The van der Waals surface area contributed by atoms with Gasteiger partial charge in [0, 0.05) is 24.7 Å². The molecule has 0 aliphatic heterocycles. The molecule has 1 saturated carbocycles. The molecule has 4 N–H and O–H groups in total. The van der Waals surface area contributed by atoms with E-state index in [1.165, 1.54) is 0 Å². The van der Waals surface area contributed by atoms with Gasteiger partial charge in [-0.05, 0) is 67.8 Å². The molecule has 8 aromatic rings. The maximum atomic E-state index is 15.5. The summed E-state index contributed by atoms with van der Waals surface area (Å²) in [5.41, 5.74) is 6.61. The molecule has 314 valence electrons. The topological polar surface area (TPSA) is 104 Å². The second-order valence-corrected chi connectivity index (χ2v) is 17.5. The van der Waals surface area contributed by atoms with Crippen LogP contribution in [0.15, 0.2) is 206 Å². The molecule has 2 amide bonds. The van der Waals surface area contributed by atoms with Crippen LogP contribution < -0.4 is 5.73 Å². The number of hydrogen-bond acceptors (Lipinski definition) is 4. The van der Waals surface area contributed by atoms with E-state index in [-0.39, 0.29) is 25.9 Å². The normalized spacial score (nSPS) is 16.0. The Kier molecular flexibility index (Phi) is 11.5. The van der Waals surface area contributed by atoms with Crippen LogP contribution in [0.25, 0.3) is 21.5 Å². The van der Waals surface area contributed by atoms with Crippen molar-refractivity contribution in [1.82, 2.24) is 4.90 Å². The van der Waals surface area contributed by atoms with E-state index < -0.39 is 40.3 Å². The molecule has 0 heterocycles. The number of rotatable bonds is 16. The smallest absolute Gasteiger partial charge is 0.238 e. The minimum absolute atomic E-state index is 0.159. The maximum Gasteiger partial charge on any atom is 0.238 e. The monoisotopic (exact) mass is 828 g/mol. The molecule has 8 aromatic carbocycles. The summed E-state index contributed by atoms with van der Waals surface area (Å²) in [6.45, 7) is -0.431. The SMILES string of the molecule is NC(=O)C1(C(=O)N(CC(O)(Cc2ccccc2)C(c2ccccc2)c2cccc3ccccc23)CC(O)(Cc2ccccc2)C(c2ccccc2)c2cccc3ccccc23)CC1. The van der Waals surface area contributed by atoms with Crippen molar-refractivity contribution in [3.05, 3.63) is 240 Å². The van der Waals surface area contributed by atoms with Gasteiger partial charge < -0.3 is 20.8 Å². The molecule has 9 rings (SSSR count). The summed E-state index contributed by atoms with van der Waals surface area (Å²) in [4.78, 5) is 30.6. The Morgan fingerprint density at radius 2 is 0.841 bits per heavy atom. The first kappa shape index (κ1) is 41.5. The van der Waals surface area contributed by atoms with Crippen LogP contribution in [-0.4, -0.2) is 51.2 Å². The van der Waals surface area contributed by atoms with Gasteiger partial charge in [-0.15, -0.1) is 0 Å². The molecule has 0 saturated heterocycles. The van der Waals surface area contributed by atoms with Crippen molar-refractivity contribution in [2.45, 2.75) is 48.7 Å². The Labute approximate surface area is 369 Å². The molecule has 0 aromatic heterocycles. The third-order valence-corrected chi connectivity index (χ3v) is 13.2. The molecular weight excluding hydrogens is 777 g/mol. The fourth-order valence-corrected chi connectivity index (χ4v) is 10.1. The molecule has 1 aliphatic rings. The Balaban J connectivity index is 1.27. The number of carbonyl (C=O) groups excluding carboxylic acids is 2. The maximum absolute atomic E-state index is 15.5. The summed E-state index contributed by atoms with van der Waals surface area (Å²) in [7, 11) is 0. The minimum atomic E-state index is -1.69. The number of nitrogens with two attached hydrogens (primary N) is 1. The van der Waals surface area contributed by atoms with Gasteiger partial charge in [0.2, 0.25) is 11.8 Å². The lowest BCUT2D eigenvalue weighted by molar-refractivity contribution is -0.150. The predicted molar refractivity (Wildman–Crippen MR) is 252 cm³/mol. The average Bonchev–Trinajstić information content (AvgIpc) is 4.13. The van der Waals surface area contributed by atoms with Crippen molar-refractivity contribution >= 4 is 33.4 Å². The summed E-state index contributed by atoms with van der Waals surface area (Å²) in [6, 6.07) is 68.2. The zero-order valence-corrected chi connectivity index (χ0v) is 35.3. The van der Waals surface area contributed by atoms with Gasteiger partial charge in [0.15, 0.2) is 0 Å². The summed E-state index contributed by atoms with van der Waals surface area (Å²) in [5.74, 6) is -2.50. The van der Waals surface area contributed by atoms with E-state index in [1.807, 2.05) is 158 Å². The van der Waals surface area contributed by atoms with E-state index in [2.05, 4.69) is 48.5 Å². The van der Waals surface area contributed by atoms with E-state index in [9.17, 15) is 15.0 Å². The Hall–Kier alpha value is -6.86. The second kappa shape index (κ2) is 17.5. The van der Waals surface area contributed by atoms with Gasteiger partial charge in [-0.25, -0.2) is 0 Å². The van der Waals surface area contributed by atoms with Crippen LogP contribution in [0.4, 0.5) is 0 Å². The molecule has 63 heavy (non-hydrogen) atoms. The number of amides is 2. The Morgan fingerprint density at radius 3 is 1.22 bits per heavy atom. The molecule has 6 nitrogen and oxygen atoms in total. The molecule has 0 spiro atoms. The van der Waals surface area contributed by atoms with Crippen LogP contribution in [0.3, 0.4) is 0 Å². The molecule has 4 unspecified atom stereocenters. The van der Waals surface area contributed by atoms with Crippen molar-refractivity contribution in [3.63, 3.8) is 0 Å². The van der Waals surface area contributed by atoms with E-state index >= 15 is 4.79 Å². The van der Waals surface area contributed by atoms with Gasteiger partial charge in [-0.2, -0.15) is 0 Å². The Bertz CT molecular complexity index is 2660. The van der Waals surface area contributed by atoms with Crippen LogP contribution in [0.2, 0.25) is 0 Å². The summed E-state index contributed by atoms with van der Waals surface area (Å²) < 4.78 is 0. The van der Waals surface area contributed by atoms with E-state index in [0.29, 0.717) is 12.8 Å². The molecule has 0 bridgehead atoms. The molecule has 6 heteroatoms. The highest BCUT2D eigenvalue weighted by molar-refractivity contribution is 6.07. The lowest BCUT2D eigenvalue weighted by Gasteiger charge is -2.46. The first-order valence-corrected chi connectivity index (χ1v) is 21.8. The van der Waals surface area contributed by atoms with Crippen molar-refractivity contribution in [3.8, 4) is 0 Å². The average molecular weight is 829 g/mol. The number of nitrogens with zero attached hydrogens (tertiary/aromatic N) is 1. The van der Waals surface area contributed by atoms with Gasteiger partial charge >= 0.3 is 0 Å². The molecule has 0 radical (unpaired) electrons. The van der Waals surface area contributed by atoms with Crippen LogP contribution >= 0.6 is 0 Å². The highest BCUT2D eigenvalue weighted by atomic mass is 16.3. The lowest BCUT2D eigenvalue weighted by atomic mass is 9.71. The van der Waals surface area contributed by atoms with Crippen molar-refractivity contribution in [1.29, 1.82) is 0 Å². The number of aliphatic hydroxyl groups is 2. The van der Waals surface area contributed by atoms with Gasteiger partial charge in [0.25, 0.3) is 0 Å². The molecular formula is C57H52N2O4. The number of fused-ring (bicyclic) bond motifs is 2. The van der Waals surface area contributed by atoms with Gasteiger partial charge in [0.1, 0.15) is 5.41 Å². The number of primary amides is 1. The number of benzene rings is 8. The fourth-order valence-electron chi connectivity index (χ4n) is 10.1. The summed E-state index contributed by atoms with van der Waals surface area (Å²) in [6.07, 6.45) is 0.907. The number of carbonyl (C=O) groups is 2.